The number of aliphatic hydroxyl groups excluding tert-OH is 1. The lowest BCUT2D eigenvalue weighted by Crippen LogP contribution is -2.18. The third-order valence-corrected chi connectivity index (χ3v) is 1.41. The fourth-order valence-electron chi connectivity index (χ4n) is 0.443. The molecule has 0 aliphatic heterocycles. The molecule has 0 radical (unpaired) electrons. The van der Waals surface area contributed by atoms with Crippen molar-refractivity contribution in [2.45, 2.75) is 26.9 Å². The molecule has 0 aromatic heterocycles. The van der Waals surface area contributed by atoms with E-state index in [9.17, 15) is 0 Å². The molecule has 1 N–H and O–H groups in total. The minimum absolute atomic E-state index is 0.253. The maximum Gasteiger partial charge on any atom is 0.0559 e. The van der Waals surface area contributed by atoms with Gasteiger partial charge in [-0.1, -0.05) is 6.92 Å². The van der Waals surface area contributed by atoms with Crippen molar-refractivity contribution in [2.24, 2.45) is 5.92 Å². The van der Waals surface area contributed by atoms with Crippen LogP contribution in [0.25, 0.3) is 0 Å². The molecule has 2 atom stereocenters. The lowest BCUT2D eigenvalue weighted by Gasteiger charge is -2.13. The molecule has 2 heteroatoms. The molecule has 0 aromatic rings. The summed E-state index contributed by atoms with van der Waals surface area (Å²) in [7, 11) is 0. The fourth-order valence-corrected chi connectivity index (χ4v) is 0.443. The summed E-state index contributed by atoms with van der Waals surface area (Å²) in [6.07, 6.45) is -0.253. The molecule has 0 aliphatic rings. The van der Waals surface area contributed by atoms with Gasteiger partial charge in [0.15, 0.2) is 0 Å². The van der Waals surface area contributed by atoms with Crippen LogP contribution < -0.4 is 0 Å². The molecule has 0 saturated heterocycles. The first-order valence-electron chi connectivity index (χ1n) is 3.44. The summed E-state index contributed by atoms with van der Waals surface area (Å²) in [6, 6.07) is 0. The zero-order valence-electron chi connectivity index (χ0n) is 6.42. The van der Waals surface area contributed by atoms with E-state index in [1.165, 1.54) is 0 Å². The van der Waals surface area contributed by atoms with Crippen molar-refractivity contribution in [1.82, 2.24) is 0 Å². The van der Waals surface area contributed by atoms with Crippen LogP contribution in [0.15, 0.2) is 0 Å². The predicted octanol–water partition coefficient (Wildman–Crippen LogP) is 1.04. The Balaban J connectivity index is 3.16. The van der Waals surface area contributed by atoms with Gasteiger partial charge < -0.3 is 9.84 Å². The van der Waals surface area contributed by atoms with E-state index in [0.29, 0.717) is 6.61 Å². The van der Waals surface area contributed by atoms with E-state index in [0.717, 1.165) is 6.61 Å². The van der Waals surface area contributed by atoms with Crippen molar-refractivity contribution in [3.8, 4) is 0 Å². The van der Waals surface area contributed by atoms with E-state index in [-0.39, 0.29) is 12.0 Å². The Morgan fingerprint density at radius 1 is 1.44 bits per heavy atom. The molecule has 0 aromatic carbocycles. The third kappa shape index (κ3) is 4.43. The molecule has 2 unspecified atom stereocenters. The zero-order valence-corrected chi connectivity index (χ0v) is 6.42. The highest BCUT2D eigenvalue weighted by Gasteiger charge is 2.06. The van der Waals surface area contributed by atoms with E-state index in [1.54, 1.807) is 6.92 Å². The van der Waals surface area contributed by atoms with Crippen LogP contribution in [-0.2, 0) is 4.74 Å². The normalized spacial score (nSPS) is 17.3. The summed E-state index contributed by atoms with van der Waals surface area (Å²) in [6.45, 7) is 7.10. The van der Waals surface area contributed by atoms with Gasteiger partial charge in [0.05, 0.1) is 12.7 Å². The van der Waals surface area contributed by atoms with Crippen LogP contribution in [0.3, 0.4) is 0 Å². The van der Waals surface area contributed by atoms with Crippen molar-refractivity contribution in [2.75, 3.05) is 13.2 Å². The third-order valence-electron chi connectivity index (χ3n) is 1.41. The Morgan fingerprint density at radius 3 is 2.33 bits per heavy atom. The summed E-state index contributed by atoms with van der Waals surface area (Å²) in [5.74, 6) is 0.255. The van der Waals surface area contributed by atoms with E-state index >= 15 is 0 Å². The van der Waals surface area contributed by atoms with Crippen LogP contribution in [0.5, 0.6) is 0 Å². The monoisotopic (exact) mass is 132 g/mol. The van der Waals surface area contributed by atoms with Crippen molar-refractivity contribution in [3.63, 3.8) is 0 Å². The second-order valence-electron chi connectivity index (χ2n) is 2.38. The number of hydrogen-bond acceptors (Lipinski definition) is 2. The van der Waals surface area contributed by atoms with Gasteiger partial charge in [-0.25, -0.2) is 0 Å². The molecule has 0 heterocycles. The highest BCUT2D eigenvalue weighted by atomic mass is 16.5. The largest absolute Gasteiger partial charge is 0.393 e. The van der Waals surface area contributed by atoms with E-state index in [4.69, 9.17) is 9.84 Å². The Morgan fingerprint density at radius 2 is 2.00 bits per heavy atom. The lowest BCUT2D eigenvalue weighted by atomic mass is 10.1. The van der Waals surface area contributed by atoms with E-state index in [1.807, 2.05) is 13.8 Å². The molecule has 2 nitrogen and oxygen atoms in total. The Kier molecular flexibility index (Phi) is 4.72. The highest BCUT2D eigenvalue weighted by Crippen LogP contribution is 2.01. The number of hydrogen-bond donors (Lipinski definition) is 1. The molecular weight excluding hydrogens is 116 g/mol. The molecule has 56 valence electrons. The summed E-state index contributed by atoms with van der Waals surface area (Å²) in [5, 5.41) is 8.97. The number of ether oxygens (including phenoxy) is 1. The highest BCUT2D eigenvalue weighted by molar-refractivity contribution is 4.56. The maximum absolute atomic E-state index is 8.97. The first-order valence-corrected chi connectivity index (χ1v) is 3.44. The van der Waals surface area contributed by atoms with Gasteiger partial charge >= 0.3 is 0 Å². The zero-order chi connectivity index (χ0) is 7.28. The molecule has 0 amide bonds. The Bertz CT molecular complexity index is 61.9. The first-order chi connectivity index (χ1) is 4.18. The predicted molar refractivity (Wildman–Crippen MR) is 37.3 cm³/mol. The standard InChI is InChI=1S/C7H16O2/c1-4-9-5-6(2)7(3)8/h6-8H,4-5H2,1-3H3. The molecule has 9 heavy (non-hydrogen) atoms. The van der Waals surface area contributed by atoms with Crippen LogP contribution in [0.1, 0.15) is 20.8 Å². The lowest BCUT2D eigenvalue weighted by molar-refractivity contribution is 0.0497. The van der Waals surface area contributed by atoms with E-state index < -0.39 is 0 Å². The Hall–Kier alpha value is -0.0800. The summed E-state index contributed by atoms with van der Waals surface area (Å²) >= 11 is 0. The van der Waals surface area contributed by atoms with Crippen LogP contribution >= 0.6 is 0 Å². The van der Waals surface area contributed by atoms with Gasteiger partial charge in [-0.3, -0.25) is 0 Å². The van der Waals surface area contributed by atoms with E-state index in [2.05, 4.69) is 0 Å². The molecule has 0 bridgehead atoms. The van der Waals surface area contributed by atoms with Gasteiger partial charge in [-0.05, 0) is 13.8 Å². The summed E-state index contributed by atoms with van der Waals surface area (Å²) < 4.78 is 5.10. The quantitative estimate of drug-likeness (QED) is 0.619. The average molecular weight is 132 g/mol. The van der Waals surface area contributed by atoms with Crippen molar-refractivity contribution in [1.29, 1.82) is 0 Å². The van der Waals surface area contributed by atoms with Crippen LogP contribution in [-0.4, -0.2) is 24.4 Å². The Labute approximate surface area is 56.8 Å². The SMILES string of the molecule is CCOCC(C)C(C)O. The maximum atomic E-state index is 8.97. The molecule has 0 rings (SSSR count). The number of aliphatic hydroxyl groups is 1. The molecular formula is C7H16O2. The van der Waals surface area contributed by atoms with Gasteiger partial charge in [0.25, 0.3) is 0 Å². The average Bonchev–Trinajstić information content (AvgIpc) is 1.82. The van der Waals surface area contributed by atoms with Gasteiger partial charge in [0.2, 0.25) is 0 Å². The smallest absolute Gasteiger partial charge is 0.0559 e. The molecule has 0 saturated carbocycles. The minimum Gasteiger partial charge on any atom is -0.393 e. The van der Waals surface area contributed by atoms with Gasteiger partial charge in [0, 0.05) is 12.5 Å². The summed E-state index contributed by atoms with van der Waals surface area (Å²) in [5.41, 5.74) is 0. The van der Waals surface area contributed by atoms with Crippen molar-refractivity contribution >= 4 is 0 Å². The molecule has 0 spiro atoms. The molecule has 0 fully saturated rings. The second-order valence-corrected chi connectivity index (χ2v) is 2.38. The number of rotatable bonds is 4. The fraction of sp³-hybridized carbons (Fsp3) is 1.00. The van der Waals surface area contributed by atoms with Gasteiger partial charge in [0.1, 0.15) is 0 Å². The van der Waals surface area contributed by atoms with Crippen LogP contribution in [0.4, 0.5) is 0 Å². The first kappa shape index (κ1) is 8.92. The molecule has 0 aliphatic carbocycles. The second kappa shape index (κ2) is 4.77. The minimum atomic E-state index is -0.253. The van der Waals surface area contributed by atoms with Crippen molar-refractivity contribution in [3.05, 3.63) is 0 Å². The summed E-state index contributed by atoms with van der Waals surface area (Å²) in [4.78, 5) is 0. The van der Waals surface area contributed by atoms with Crippen LogP contribution in [0, 0.1) is 5.92 Å². The van der Waals surface area contributed by atoms with Gasteiger partial charge in [-0.15, -0.1) is 0 Å². The van der Waals surface area contributed by atoms with Crippen LogP contribution in [0.2, 0.25) is 0 Å². The topological polar surface area (TPSA) is 29.5 Å². The van der Waals surface area contributed by atoms with Crippen molar-refractivity contribution < 1.29 is 9.84 Å². The van der Waals surface area contributed by atoms with Gasteiger partial charge in [-0.2, -0.15) is 0 Å².